The molecule has 9 aliphatic carbocycles. The van der Waals surface area contributed by atoms with Crippen LogP contribution >= 0.6 is 0 Å². The van der Waals surface area contributed by atoms with E-state index in [2.05, 4.69) is 155 Å². The predicted molar refractivity (Wildman–Crippen MR) is 531 cm³/mol. The van der Waals surface area contributed by atoms with Gasteiger partial charge in [-0.15, -0.1) is 0 Å². The Bertz CT molecular complexity index is 4950. The maximum Gasteiger partial charge on any atom is 0.136 e. The molecule has 3 aromatic carbocycles. The monoisotopic (exact) mass is 1600 g/mol. The summed E-state index contributed by atoms with van der Waals surface area (Å²) in [5.74, 6) is 3.87. The lowest BCUT2D eigenvalue weighted by atomic mass is 8.40. The molecule has 3 aromatic heterocycles. The van der Waals surface area contributed by atoms with Crippen LogP contribution in [0.15, 0.2) is 180 Å². The Kier molecular flexibility index (Phi) is 25.2. The molecule has 6 bridgehead atoms. The van der Waals surface area contributed by atoms with Crippen LogP contribution in [0.3, 0.4) is 0 Å². The van der Waals surface area contributed by atoms with Gasteiger partial charge in [0.05, 0.1) is 33.6 Å². The van der Waals surface area contributed by atoms with Crippen molar-refractivity contribution in [1.29, 1.82) is 0 Å². The zero-order valence-corrected chi connectivity index (χ0v) is 71.4. The number of allylic oxidation sites excluding steroid dienone is 3. The van der Waals surface area contributed by atoms with Gasteiger partial charge in [0.1, 0.15) is 5.78 Å². The standard InChI is InChI=1S/2C32H38N2O.C28H29NO2.3CH4.B19/c2*1-30-12-10-26-19-25-6-7-27(34-16-2-3-17-34)20-31(25)13-14-32(26,35-31)29(30)9-8-28(30)23-5-4-22-11-15-33-21-24(22)18-23;1-26-10-8-22-15-21-4-5-23(30)16-27(21)11-12-28(22,31-27)25(26)7-6-24(26)19-3-2-18-9-13-29-17-20(18)14-19;;;;1-11-16(10)19(17(12(2)3)13(4)5)18(14(6)7)15(8)9/h2*4-5,10-11,15,18-19,21,27-29H,2-3,6-9,12-14,16-17,20H2,1H3;2-3,8-9,13-15,17,24-25H,4-7,10-12,16H2,1H3;3*1H4;/t27-,28?,29+,30+,31?,32+;27-,28?,29-,30-,31?,32-;24?,25-,26-,27?,28-;;;;/m011..../s1. The summed E-state index contributed by atoms with van der Waals surface area (Å²) in [6.45, 7) is 12.9. The quantitative estimate of drug-likeness (QED) is 0.105. The van der Waals surface area contributed by atoms with Gasteiger partial charge in [-0.3, -0.25) is 19.7 Å². The van der Waals surface area contributed by atoms with E-state index in [0.29, 0.717) is 54.1 Å². The molecule has 9 nitrogen and oxygen atoms in total. The number of rotatable bonds is 13. The van der Waals surface area contributed by atoms with E-state index in [1.807, 2.05) is 37.2 Å². The largest absolute Gasteiger partial charge is 0.359 e. The molecule has 6 unspecified atom stereocenters. The van der Waals surface area contributed by atoms with E-state index in [4.69, 9.17) is 91.6 Å². The van der Waals surface area contributed by atoms with Crippen LogP contribution in [0.2, 0.25) is 0 Å². The van der Waals surface area contributed by atoms with Gasteiger partial charge in [-0.1, -0.05) is 116 Å². The fraction of sp³-hybridized carbons (Fsp3) is 0.579. The van der Waals surface area contributed by atoms with Crippen molar-refractivity contribution in [2.45, 2.75) is 286 Å². The number of hydrogen-bond donors (Lipinski definition) is 0. The van der Waals surface area contributed by atoms with Crippen LogP contribution in [0, 0.1) is 34.0 Å². The SMILES string of the molecule is C.C.C.C[C@]12CC=C3C=C4CCC(=O)CC45CC[C@]3(O5)[C@@H]1CCC2c1ccc2ccncc2c1.C[C@]12CC=C3C=C4CC[C@@H](N5CCCC5)CC45CC[C@]3(O5)[C@@H]1CCC2c1ccc2ccncc2c1.C[C@]12CC=C3C=C4CC[C@H](N5CCCC5)CC45CC[C@]3(O5)[C@@H]1CCC2c1ccc2ccncc2c1.[B][B]B([B])B(B(B([B])[B])B([B])[B])B(B([B])[B])B([B])[B]. The number of benzene rings is 3. The molecule has 17 atom stereocenters. The topological polar surface area (TPSA) is 89.9 Å². The summed E-state index contributed by atoms with van der Waals surface area (Å²) < 4.78 is 22.2. The van der Waals surface area contributed by atoms with Crippen LogP contribution in [0.5, 0.6) is 0 Å². The molecule has 0 N–H and O–H groups in total. The number of aromatic nitrogens is 3. The Morgan fingerprint density at radius 3 is 1.10 bits per heavy atom. The Balaban J connectivity index is 0.000000118. The summed E-state index contributed by atoms with van der Waals surface area (Å²) in [6, 6.07) is 29.0. The summed E-state index contributed by atoms with van der Waals surface area (Å²) >= 11 is 0. The van der Waals surface area contributed by atoms with Gasteiger partial charge >= 0.3 is 0 Å². The maximum atomic E-state index is 12.4. The van der Waals surface area contributed by atoms with E-state index >= 15 is 0 Å². The number of hydrogen-bond acceptors (Lipinski definition) is 9. The molecule has 0 amide bonds. The number of pyridine rings is 3. The normalized spacial score (nSPS) is 35.8. The molecule has 11 fully saturated rings. The molecule has 17 aliphatic rings. The average Bonchev–Trinajstić information content (AvgIpc) is 1.54. The van der Waals surface area contributed by atoms with Gasteiger partial charge in [0.25, 0.3) is 0 Å². The summed E-state index contributed by atoms with van der Waals surface area (Å²) in [7, 11) is 58.4. The third-order valence-corrected chi connectivity index (χ3v) is 35.7. The lowest BCUT2D eigenvalue weighted by Crippen LogP contribution is -2.79. The molecule has 123 heavy (non-hydrogen) atoms. The highest BCUT2D eigenvalue weighted by Crippen LogP contribution is 2.73. The van der Waals surface area contributed by atoms with Gasteiger partial charge in [0, 0.05) is 214 Å². The molecule has 6 saturated carbocycles. The van der Waals surface area contributed by atoms with Crippen molar-refractivity contribution in [2.24, 2.45) is 34.0 Å². The first-order valence-electron chi connectivity index (χ1n) is 46.6. The Labute approximate surface area is 755 Å². The zero-order valence-electron chi connectivity index (χ0n) is 71.4. The third kappa shape index (κ3) is 14.8. The molecular weight excluding hydrogens is 1480 g/mol. The smallest absolute Gasteiger partial charge is 0.136 e. The molecule has 5 saturated heterocycles. The number of carbonyl (C=O) groups is 1. The van der Waals surface area contributed by atoms with Crippen LogP contribution in [0.25, 0.3) is 32.3 Å². The van der Waals surface area contributed by atoms with E-state index in [1.165, 1.54) is 235 Å². The van der Waals surface area contributed by atoms with Gasteiger partial charge in [-0.25, -0.2) is 0 Å². The lowest BCUT2D eigenvalue weighted by Gasteiger charge is -2.55. The molecule has 603 valence electrons. The molecule has 11 heterocycles. The Morgan fingerprint density at radius 1 is 0.407 bits per heavy atom. The Hall–Kier alpha value is -4.97. The van der Waals surface area contributed by atoms with Gasteiger partial charge in [0.2, 0.25) is 0 Å². The summed E-state index contributed by atoms with van der Waals surface area (Å²) in [4.78, 5) is 31.1. The van der Waals surface area contributed by atoms with Crippen molar-refractivity contribution in [1.82, 2.24) is 24.8 Å². The minimum absolute atomic E-state index is 0. The molecule has 23 rings (SSSR count). The van der Waals surface area contributed by atoms with Gasteiger partial charge in [-0.2, -0.15) is 0 Å². The second-order valence-corrected chi connectivity index (χ2v) is 41.4. The number of ether oxygens (including phenoxy) is 3. The van der Waals surface area contributed by atoms with Gasteiger partial charge in [-0.05, 0) is 348 Å². The zero-order chi connectivity index (χ0) is 82.7. The minimum atomic E-state index is -0.837. The van der Waals surface area contributed by atoms with Crippen molar-refractivity contribution in [2.75, 3.05) is 26.2 Å². The number of nitrogens with zero attached hydrogens (tertiary/aromatic N) is 5. The summed E-state index contributed by atoms with van der Waals surface area (Å²) in [5, 5.41) is 7.64. The van der Waals surface area contributed by atoms with Crippen molar-refractivity contribution >= 4 is 174 Å². The molecule has 8 aliphatic heterocycles. The lowest BCUT2D eigenvalue weighted by molar-refractivity contribution is -0.146. The van der Waals surface area contributed by atoms with E-state index < -0.39 is 51.1 Å². The first-order valence-corrected chi connectivity index (χ1v) is 46.6. The van der Waals surface area contributed by atoms with Gasteiger partial charge < -0.3 is 24.0 Å². The molecular formula is C95H117B19N5O4. The summed E-state index contributed by atoms with van der Waals surface area (Å²) in [6.07, 6.45) is 54.8. The highest BCUT2D eigenvalue weighted by molar-refractivity contribution is 8.18. The summed E-state index contributed by atoms with van der Waals surface area (Å²) in [5.41, 5.74) is 13.8. The fourth-order valence-corrected chi connectivity index (χ4v) is 29.9. The minimum Gasteiger partial charge on any atom is -0.359 e. The van der Waals surface area contributed by atoms with Crippen molar-refractivity contribution < 1.29 is 19.0 Å². The third-order valence-electron chi connectivity index (χ3n) is 35.7. The van der Waals surface area contributed by atoms with E-state index in [-0.39, 0.29) is 72.1 Å². The van der Waals surface area contributed by atoms with Crippen LogP contribution < -0.4 is 0 Å². The number of Topliss-reactive ketones (excluding diaryl/α,β-unsaturated/α-hetero) is 1. The van der Waals surface area contributed by atoms with Crippen LogP contribution in [0.1, 0.15) is 257 Å². The van der Waals surface area contributed by atoms with Crippen molar-refractivity contribution in [3.63, 3.8) is 0 Å². The van der Waals surface area contributed by atoms with E-state index in [0.717, 1.165) is 37.8 Å². The molecule has 6 spiro atoms. The highest BCUT2D eigenvalue weighted by atomic mass is 16.5. The van der Waals surface area contributed by atoms with Crippen LogP contribution in [-0.4, -0.2) is 238 Å². The first kappa shape index (κ1) is 90.0. The number of likely N-dealkylation sites (tertiary alicyclic amines) is 2. The highest BCUT2D eigenvalue weighted by Gasteiger charge is 2.71. The van der Waals surface area contributed by atoms with Crippen LogP contribution in [0.4, 0.5) is 0 Å². The van der Waals surface area contributed by atoms with Crippen molar-refractivity contribution in [3.05, 3.63) is 197 Å². The van der Waals surface area contributed by atoms with Crippen molar-refractivity contribution in [3.8, 4) is 0 Å². The maximum absolute atomic E-state index is 12.4. The number of ketones is 1. The van der Waals surface area contributed by atoms with E-state index in [9.17, 15) is 4.79 Å². The second kappa shape index (κ2) is 34.4. The van der Waals surface area contributed by atoms with Crippen LogP contribution in [-0.2, 0) is 19.0 Å². The average molecular weight is 1600 g/mol. The fourth-order valence-electron chi connectivity index (χ4n) is 29.9. The first-order chi connectivity index (χ1) is 57.9. The number of fused-ring (bicyclic) bond motifs is 6. The molecule has 6 aromatic rings. The molecule has 28 heteroatoms. The van der Waals surface area contributed by atoms with Gasteiger partial charge in [0.15, 0.2) is 0 Å². The number of carbonyl (C=O) groups excluding carboxylic acids is 1. The van der Waals surface area contributed by atoms with E-state index in [1.54, 1.807) is 22.3 Å². The second-order valence-electron chi connectivity index (χ2n) is 41.4. The Morgan fingerprint density at radius 2 is 0.748 bits per heavy atom. The predicted octanol–water partition coefficient (Wildman–Crippen LogP) is 14.6. The molecule has 21 radical (unpaired) electrons.